The molecule has 0 aliphatic rings. The first-order chi connectivity index (χ1) is 12.7. The van der Waals surface area contributed by atoms with Gasteiger partial charge >= 0.3 is 0 Å². The van der Waals surface area contributed by atoms with Crippen LogP contribution in [0, 0.1) is 0 Å². The van der Waals surface area contributed by atoms with Crippen LogP contribution in [0.1, 0.15) is 43.1 Å². The minimum Gasteiger partial charge on any atom is -0.350 e. The molecule has 0 fully saturated rings. The largest absolute Gasteiger partial charge is 0.350 e. The van der Waals surface area contributed by atoms with Gasteiger partial charge in [0.05, 0.1) is 4.90 Å². The molecule has 2 N–H and O–H groups in total. The van der Waals surface area contributed by atoms with Crippen LogP contribution in [0.2, 0.25) is 0 Å². The van der Waals surface area contributed by atoms with E-state index in [2.05, 4.69) is 38.1 Å². The molecule has 2 rings (SSSR count). The first kappa shape index (κ1) is 21.6. The molecule has 1 atom stereocenters. The highest BCUT2D eigenvalue weighted by atomic mass is 79.9. The quantitative estimate of drug-likeness (QED) is 0.637. The van der Waals surface area contributed by atoms with Gasteiger partial charge in [0.15, 0.2) is 0 Å². The number of benzene rings is 2. The second-order valence-corrected chi connectivity index (χ2v) is 9.47. The molecule has 0 radical (unpaired) electrons. The minimum atomic E-state index is -3.55. The summed E-state index contributed by atoms with van der Waals surface area (Å²) in [6.07, 6.45) is 1.69. The predicted octanol–water partition coefficient (Wildman–Crippen LogP) is 3.89. The Morgan fingerprint density at radius 2 is 1.59 bits per heavy atom. The van der Waals surface area contributed by atoms with Gasteiger partial charge < -0.3 is 5.32 Å². The summed E-state index contributed by atoms with van der Waals surface area (Å²) in [6.45, 7) is 5.48. The maximum Gasteiger partial charge on any atom is 0.251 e. The molecule has 2 aromatic carbocycles. The van der Waals surface area contributed by atoms with E-state index < -0.39 is 10.0 Å². The van der Waals surface area contributed by atoms with E-state index in [1.54, 1.807) is 13.8 Å². The van der Waals surface area contributed by atoms with Crippen LogP contribution < -0.4 is 10.0 Å². The van der Waals surface area contributed by atoms with Gasteiger partial charge in [0.25, 0.3) is 5.91 Å². The lowest BCUT2D eigenvalue weighted by molar-refractivity contribution is 0.0938. The summed E-state index contributed by atoms with van der Waals surface area (Å²) in [5.74, 6) is -0.209. The van der Waals surface area contributed by atoms with E-state index in [9.17, 15) is 13.2 Å². The second-order valence-electron chi connectivity index (χ2n) is 6.84. The van der Waals surface area contributed by atoms with Crippen molar-refractivity contribution in [3.8, 4) is 0 Å². The van der Waals surface area contributed by atoms with Crippen LogP contribution in [0.4, 0.5) is 0 Å². The van der Waals surface area contributed by atoms with Gasteiger partial charge in [-0.3, -0.25) is 4.79 Å². The van der Waals surface area contributed by atoms with Crippen LogP contribution in [-0.2, 0) is 16.4 Å². The van der Waals surface area contributed by atoms with Gasteiger partial charge in [-0.1, -0.05) is 28.1 Å². The molecular formula is C20H25BrN2O3S. The molecule has 0 bridgehead atoms. The Morgan fingerprint density at radius 3 is 2.15 bits per heavy atom. The second kappa shape index (κ2) is 9.48. The zero-order chi connectivity index (χ0) is 20.0. The molecule has 0 heterocycles. The van der Waals surface area contributed by atoms with E-state index in [0.717, 1.165) is 17.3 Å². The lowest BCUT2D eigenvalue weighted by atomic mass is 10.1. The number of amides is 1. The molecule has 7 heteroatoms. The molecule has 27 heavy (non-hydrogen) atoms. The number of aryl methyl sites for hydroxylation is 1. The number of halogens is 1. The molecule has 0 saturated carbocycles. The van der Waals surface area contributed by atoms with Crippen molar-refractivity contribution in [2.45, 2.75) is 50.6 Å². The molecule has 0 spiro atoms. The van der Waals surface area contributed by atoms with E-state index in [0.29, 0.717) is 5.56 Å². The summed E-state index contributed by atoms with van der Waals surface area (Å²) < 4.78 is 27.8. The van der Waals surface area contributed by atoms with Crippen LogP contribution in [0.25, 0.3) is 0 Å². The third-order valence-electron chi connectivity index (χ3n) is 3.97. The molecule has 0 saturated heterocycles. The molecule has 2 aromatic rings. The van der Waals surface area contributed by atoms with Crippen molar-refractivity contribution in [2.24, 2.45) is 0 Å². The monoisotopic (exact) mass is 452 g/mol. The summed E-state index contributed by atoms with van der Waals surface area (Å²) in [5.41, 5.74) is 1.65. The van der Waals surface area contributed by atoms with Crippen molar-refractivity contribution in [2.75, 3.05) is 0 Å². The molecule has 0 aliphatic carbocycles. The Kier molecular flexibility index (Phi) is 7.59. The van der Waals surface area contributed by atoms with Crippen molar-refractivity contribution >= 4 is 31.9 Å². The van der Waals surface area contributed by atoms with Gasteiger partial charge in [-0.05, 0) is 75.6 Å². The Bertz CT molecular complexity index is 863. The lowest BCUT2D eigenvalue weighted by Gasteiger charge is -2.14. The lowest BCUT2D eigenvalue weighted by Crippen LogP contribution is -2.33. The maximum atomic E-state index is 12.4. The Labute approximate surface area is 169 Å². The first-order valence-electron chi connectivity index (χ1n) is 8.85. The van der Waals surface area contributed by atoms with E-state index in [1.165, 1.54) is 29.8 Å². The highest BCUT2D eigenvalue weighted by Gasteiger charge is 2.16. The minimum absolute atomic E-state index is 0.00663. The van der Waals surface area contributed by atoms with Crippen LogP contribution in [0.15, 0.2) is 57.9 Å². The fraction of sp³-hybridized carbons (Fsp3) is 0.350. The summed E-state index contributed by atoms with van der Waals surface area (Å²) in [5, 5.41) is 2.95. The van der Waals surface area contributed by atoms with Gasteiger partial charge in [0.2, 0.25) is 10.0 Å². The van der Waals surface area contributed by atoms with Crippen molar-refractivity contribution in [3.05, 3.63) is 64.1 Å². The molecule has 1 amide bonds. The summed E-state index contributed by atoms with van der Waals surface area (Å²) in [7, 11) is -3.55. The number of nitrogens with one attached hydrogen (secondary N) is 2. The number of rotatable bonds is 8. The van der Waals surface area contributed by atoms with Crippen molar-refractivity contribution in [3.63, 3.8) is 0 Å². The third kappa shape index (κ3) is 6.75. The van der Waals surface area contributed by atoms with Crippen LogP contribution >= 0.6 is 15.9 Å². The highest BCUT2D eigenvalue weighted by Crippen LogP contribution is 2.14. The zero-order valence-electron chi connectivity index (χ0n) is 15.7. The predicted molar refractivity (Wildman–Crippen MR) is 111 cm³/mol. The fourth-order valence-corrected chi connectivity index (χ4v) is 4.09. The maximum absolute atomic E-state index is 12.4. The average Bonchev–Trinajstić information content (AvgIpc) is 2.60. The number of carbonyl (C=O) groups is 1. The molecule has 0 aliphatic heterocycles. The molecule has 146 valence electrons. The molecular weight excluding hydrogens is 428 g/mol. The van der Waals surface area contributed by atoms with E-state index in [1.807, 2.05) is 19.1 Å². The fourth-order valence-electron chi connectivity index (χ4n) is 2.58. The van der Waals surface area contributed by atoms with E-state index >= 15 is 0 Å². The van der Waals surface area contributed by atoms with Crippen molar-refractivity contribution in [1.82, 2.24) is 10.0 Å². The molecule has 1 unspecified atom stereocenters. The molecule has 5 nitrogen and oxygen atoms in total. The van der Waals surface area contributed by atoms with Gasteiger partial charge in [0.1, 0.15) is 0 Å². The third-order valence-corrected chi connectivity index (χ3v) is 6.18. The molecule has 0 aromatic heterocycles. The van der Waals surface area contributed by atoms with Crippen molar-refractivity contribution < 1.29 is 13.2 Å². The Morgan fingerprint density at radius 1 is 1.00 bits per heavy atom. The summed E-state index contributed by atoms with van der Waals surface area (Å²) >= 11 is 3.41. The van der Waals surface area contributed by atoms with Gasteiger partial charge in [-0.2, -0.15) is 0 Å². The van der Waals surface area contributed by atoms with E-state index in [4.69, 9.17) is 0 Å². The zero-order valence-corrected chi connectivity index (χ0v) is 18.1. The number of sulfonamides is 1. The van der Waals surface area contributed by atoms with Crippen LogP contribution in [-0.4, -0.2) is 26.4 Å². The van der Waals surface area contributed by atoms with E-state index in [-0.39, 0.29) is 22.9 Å². The SMILES string of the molecule is CC(C)NS(=O)(=O)c1ccc(C(=O)NC(C)CCc2ccc(Br)cc2)cc1. The summed E-state index contributed by atoms with van der Waals surface area (Å²) in [4.78, 5) is 12.5. The first-order valence-corrected chi connectivity index (χ1v) is 11.1. The van der Waals surface area contributed by atoms with Crippen molar-refractivity contribution in [1.29, 1.82) is 0 Å². The normalized spacial score (nSPS) is 12.8. The number of hydrogen-bond donors (Lipinski definition) is 2. The Balaban J connectivity index is 1.92. The average molecular weight is 453 g/mol. The Hall–Kier alpha value is -1.70. The topological polar surface area (TPSA) is 75.3 Å². The van der Waals surface area contributed by atoms with Crippen LogP contribution in [0.5, 0.6) is 0 Å². The highest BCUT2D eigenvalue weighted by molar-refractivity contribution is 9.10. The van der Waals surface area contributed by atoms with Gasteiger partial charge in [-0.25, -0.2) is 13.1 Å². The number of hydrogen-bond acceptors (Lipinski definition) is 3. The summed E-state index contributed by atoms with van der Waals surface area (Å²) in [6, 6.07) is 13.9. The smallest absolute Gasteiger partial charge is 0.251 e. The van der Waals surface area contributed by atoms with Crippen LogP contribution in [0.3, 0.4) is 0 Å². The number of carbonyl (C=O) groups excluding carboxylic acids is 1. The standard InChI is InChI=1S/C20H25BrN2O3S/c1-14(2)23-27(25,26)19-12-8-17(9-13-19)20(24)22-15(3)4-5-16-6-10-18(21)11-7-16/h6-15,23H,4-5H2,1-3H3,(H,22,24). The van der Waals surface area contributed by atoms with Gasteiger partial charge in [-0.15, -0.1) is 0 Å². The van der Waals surface area contributed by atoms with Gasteiger partial charge in [0, 0.05) is 22.1 Å².